The van der Waals surface area contributed by atoms with Gasteiger partial charge in [0.25, 0.3) is 0 Å². The number of amides is 1. The van der Waals surface area contributed by atoms with Crippen molar-refractivity contribution in [2.45, 2.75) is 18.4 Å². The Kier molecular flexibility index (Phi) is 8.00. The van der Waals surface area contributed by atoms with Gasteiger partial charge in [-0.2, -0.15) is 0 Å². The minimum atomic E-state index is -3.73. The second kappa shape index (κ2) is 10.3. The molecular formula is C22H27N3O4S. The number of anilines is 1. The van der Waals surface area contributed by atoms with E-state index in [0.717, 1.165) is 15.4 Å². The monoisotopic (exact) mass is 429 g/mol. The Balaban J connectivity index is 2.15. The topological polar surface area (TPSA) is 79.0 Å². The van der Waals surface area contributed by atoms with E-state index in [1.807, 2.05) is 36.1 Å². The minimum absolute atomic E-state index is 0.0204. The van der Waals surface area contributed by atoms with Gasteiger partial charge in [0.15, 0.2) is 0 Å². The first-order valence-corrected chi connectivity index (χ1v) is 10.7. The quantitative estimate of drug-likeness (QED) is 0.619. The average Bonchev–Trinajstić information content (AvgIpc) is 2.69. The summed E-state index contributed by atoms with van der Waals surface area (Å²) in [4.78, 5) is 14.4. The molecule has 1 amide bonds. The predicted molar refractivity (Wildman–Crippen MR) is 118 cm³/mol. The van der Waals surface area contributed by atoms with E-state index in [1.165, 1.54) is 33.3 Å². The lowest BCUT2D eigenvalue weighted by molar-refractivity contribution is -0.117. The molecule has 0 fully saturated rings. The van der Waals surface area contributed by atoms with Crippen LogP contribution in [0.1, 0.15) is 11.1 Å². The third-order valence-electron chi connectivity index (χ3n) is 4.41. The van der Waals surface area contributed by atoms with E-state index < -0.39 is 10.0 Å². The van der Waals surface area contributed by atoms with Crippen molar-refractivity contribution in [2.75, 3.05) is 39.6 Å². The first kappa shape index (κ1) is 23.4. The van der Waals surface area contributed by atoms with Gasteiger partial charge in [0, 0.05) is 26.3 Å². The zero-order valence-corrected chi connectivity index (χ0v) is 18.5. The van der Waals surface area contributed by atoms with Crippen molar-refractivity contribution in [3.63, 3.8) is 0 Å². The number of methoxy groups -OCH3 is 1. The summed E-state index contributed by atoms with van der Waals surface area (Å²) in [5.74, 6) is 2.48. The third kappa shape index (κ3) is 6.07. The minimum Gasteiger partial charge on any atom is -0.495 e. The number of terminal acetylenes is 1. The van der Waals surface area contributed by atoms with Crippen LogP contribution < -0.4 is 10.1 Å². The van der Waals surface area contributed by atoms with Gasteiger partial charge in [0.1, 0.15) is 10.6 Å². The summed E-state index contributed by atoms with van der Waals surface area (Å²) < 4.78 is 31.3. The fraction of sp³-hybridized carbons (Fsp3) is 0.318. The number of hydrogen-bond donors (Lipinski definition) is 1. The van der Waals surface area contributed by atoms with Crippen molar-refractivity contribution >= 4 is 21.6 Å². The maximum Gasteiger partial charge on any atom is 0.246 e. The van der Waals surface area contributed by atoms with Crippen LogP contribution in [-0.4, -0.2) is 57.8 Å². The molecule has 0 aliphatic rings. The number of carbonyl (C=O) groups excluding carboxylic acids is 1. The summed E-state index contributed by atoms with van der Waals surface area (Å²) in [5.41, 5.74) is 2.56. The fourth-order valence-electron chi connectivity index (χ4n) is 2.80. The number of rotatable bonds is 9. The number of carbonyl (C=O) groups is 1. The maximum absolute atomic E-state index is 12.6. The highest BCUT2D eigenvalue weighted by Crippen LogP contribution is 2.28. The summed E-state index contributed by atoms with van der Waals surface area (Å²) in [7, 11) is 0.527. The molecule has 0 aliphatic carbocycles. The van der Waals surface area contributed by atoms with Crippen LogP contribution in [0.5, 0.6) is 5.75 Å². The number of benzene rings is 2. The van der Waals surface area contributed by atoms with Crippen LogP contribution in [0.2, 0.25) is 0 Å². The average molecular weight is 430 g/mol. The molecule has 0 heterocycles. The van der Waals surface area contributed by atoms with Crippen LogP contribution in [0.4, 0.5) is 5.69 Å². The van der Waals surface area contributed by atoms with Crippen molar-refractivity contribution in [3.8, 4) is 18.1 Å². The second-order valence-corrected chi connectivity index (χ2v) is 9.16. The Morgan fingerprint density at radius 2 is 1.83 bits per heavy atom. The molecule has 0 aliphatic heterocycles. The van der Waals surface area contributed by atoms with E-state index in [0.29, 0.717) is 18.8 Å². The normalized spacial score (nSPS) is 11.4. The second-order valence-electron chi connectivity index (χ2n) is 7.04. The Morgan fingerprint density at radius 3 is 2.40 bits per heavy atom. The van der Waals surface area contributed by atoms with Gasteiger partial charge in [0.05, 0.1) is 20.2 Å². The highest BCUT2D eigenvalue weighted by molar-refractivity contribution is 7.89. The molecule has 30 heavy (non-hydrogen) atoms. The van der Waals surface area contributed by atoms with Gasteiger partial charge in [-0.3, -0.25) is 9.69 Å². The van der Waals surface area contributed by atoms with Gasteiger partial charge < -0.3 is 10.1 Å². The SMILES string of the molecule is C#CCN(CC(=O)Nc1ccc(OC)c(S(=O)(=O)N(C)C)c1)Cc1ccc(C)cc1. The molecule has 0 atom stereocenters. The number of nitrogens with one attached hydrogen (secondary N) is 1. The first-order valence-electron chi connectivity index (χ1n) is 9.29. The zero-order valence-electron chi connectivity index (χ0n) is 17.7. The lowest BCUT2D eigenvalue weighted by atomic mass is 10.1. The summed E-state index contributed by atoms with van der Waals surface area (Å²) in [6.07, 6.45) is 5.45. The van der Waals surface area contributed by atoms with Gasteiger partial charge in [-0.1, -0.05) is 35.7 Å². The van der Waals surface area contributed by atoms with Crippen LogP contribution in [-0.2, 0) is 21.4 Å². The van der Waals surface area contributed by atoms with Gasteiger partial charge in [-0.15, -0.1) is 6.42 Å². The molecule has 0 aromatic heterocycles. The molecule has 0 unspecified atom stereocenters. The molecule has 7 nitrogen and oxygen atoms in total. The molecule has 2 aromatic rings. The van der Waals surface area contributed by atoms with Gasteiger partial charge in [-0.25, -0.2) is 12.7 Å². The van der Waals surface area contributed by atoms with Crippen LogP contribution in [0.25, 0.3) is 0 Å². The van der Waals surface area contributed by atoms with E-state index in [9.17, 15) is 13.2 Å². The molecule has 8 heteroatoms. The highest BCUT2D eigenvalue weighted by atomic mass is 32.2. The van der Waals surface area contributed by atoms with Crippen molar-refractivity contribution in [2.24, 2.45) is 0 Å². The van der Waals surface area contributed by atoms with Gasteiger partial charge in [-0.05, 0) is 30.7 Å². The number of sulfonamides is 1. The van der Waals surface area contributed by atoms with E-state index in [1.54, 1.807) is 6.07 Å². The van der Waals surface area contributed by atoms with Gasteiger partial charge in [0.2, 0.25) is 15.9 Å². The Morgan fingerprint density at radius 1 is 1.17 bits per heavy atom. The molecule has 0 radical (unpaired) electrons. The van der Waals surface area contributed by atoms with E-state index in [-0.39, 0.29) is 23.1 Å². The molecule has 0 saturated carbocycles. The maximum atomic E-state index is 12.6. The number of aryl methyl sites for hydroxylation is 1. The molecule has 2 rings (SSSR count). The molecule has 0 spiro atoms. The van der Waals surface area contributed by atoms with Crippen LogP contribution in [0, 0.1) is 19.3 Å². The third-order valence-corrected chi connectivity index (χ3v) is 6.25. The Bertz CT molecular complexity index is 1030. The van der Waals surface area contributed by atoms with E-state index in [2.05, 4.69) is 11.2 Å². The molecule has 0 bridgehead atoms. The highest BCUT2D eigenvalue weighted by Gasteiger charge is 2.23. The first-order chi connectivity index (χ1) is 14.2. The summed E-state index contributed by atoms with van der Waals surface area (Å²) in [6, 6.07) is 12.5. The summed E-state index contributed by atoms with van der Waals surface area (Å²) >= 11 is 0. The van der Waals surface area contributed by atoms with Crippen molar-refractivity contribution in [1.29, 1.82) is 0 Å². The largest absolute Gasteiger partial charge is 0.495 e. The van der Waals surface area contributed by atoms with Crippen molar-refractivity contribution in [3.05, 3.63) is 53.6 Å². The summed E-state index contributed by atoms with van der Waals surface area (Å²) in [5, 5.41) is 2.74. The standard InChI is InChI=1S/C22H27N3O4S/c1-6-13-25(15-18-9-7-17(2)8-10-18)16-22(26)23-19-11-12-20(29-5)21(14-19)30(27,28)24(3)4/h1,7-12,14H,13,15-16H2,2-5H3,(H,23,26). The molecule has 160 valence electrons. The molecule has 1 N–H and O–H groups in total. The predicted octanol–water partition coefficient (Wildman–Crippen LogP) is 2.33. The molecular weight excluding hydrogens is 402 g/mol. The smallest absolute Gasteiger partial charge is 0.246 e. The van der Waals surface area contributed by atoms with E-state index in [4.69, 9.17) is 11.2 Å². The lowest BCUT2D eigenvalue weighted by Crippen LogP contribution is -2.33. The summed E-state index contributed by atoms with van der Waals surface area (Å²) in [6.45, 7) is 2.92. The van der Waals surface area contributed by atoms with Crippen molar-refractivity contribution < 1.29 is 17.9 Å². The number of nitrogens with zero attached hydrogens (tertiary/aromatic N) is 2. The van der Waals surface area contributed by atoms with E-state index >= 15 is 0 Å². The zero-order chi connectivity index (χ0) is 22.3. The molecule has 2 aromatic carbocycles. The molecule has 0 saturated heterocycles. The Labute approximate surface area is 178 Å². The Hall–Kier alpha value is -2.86. The lowest BCUT2D eigenvalue weighted by Gasteiger charge is -2.20. The fourth-order valence-corrected chi connectivity index (χ4v) is 3.88. The van der Waals surface area contributed by atoms with Crippen LogP contribution in [0.3, 0.4) is 0 Å². The van der Waals surface area contributed by atoms with Crippen LogP contribution >= 0.6 is 0 Å². The number of ether oxygens (including phenoxy) is 1. The van der Waals surface area contributed by atoms with Crippen molar-refractivity contribution in [1.82, 2.24) is 9.21 Å². The van der Waals surface area contributed by atoms with Gasteiger partial charge >= 0.3 is 0 Å². The van der Waals surface area contributed by atoms with Crippen LogP contribution in [0.15, 0.2) is 47.4 Å². The number of hydrogen-bond acceptors (Lipinski definition) is 5.